The highest BCUT2D eigenvalue weighted by atomic mass is 32.2. The maximum absolute atomic E-state index is 13.7. The molecule has 1 unspecified atom stereocenters. The number of rotatable bonds is 14. The van der Waals surface area contributed by atoms with E-state index in [0.717, 1.165) is 18.4 Å². The van der Waals surface area contributed by atoms with E-state index in [2.05, 4.69) is 48.0 Å². The fraction of sp³-hybridized carbons (Fsp3) is 0.257. The van der Waals surface area contributed by atoms with Crippen LogP contribution in [-0.2, 0) is 15.3 Å². The lowest BCUT2D eigenvalue weighted by Gasteiger charge is -2.23. The molecule has 5 rings (SSSR count). The minimum atomic E-state index is -1.01. The Labute approximate surface area is 276 Å². The van der Waals surface area contributed by atoms with Gasteiger partial charge in [-0.2, -0.15) is 0 Å². The predicted octanol–water partition coefficient (Wildman–Crippen LogP) is 7.52. The lowest BCUT2D eigenvalue weighted by Crippen LogP contribution is -2.29. The summed E-state index contributed by atoms with van der Waals surface area (Å²) in [6.45, 7) is 8.65. The number of aliphatic hydroxyl groups is 1. The van der Waals surface area contributed by atoms with Gasteiger partial charge in [0, 0.05) is 11.3 Å². The zero-order valence-electron chi connectivity index (χ0n) is 25.9. The van der Waals surface area contributed by atoms with Crippen molar-refractivity contribution < 1.29 is 28.9 Å². The molecule has 0 bridgehead atoms. The number of thioether (sulfide) groups is 1. The molecule has 1 aliphatic rings. The second-order valence-electron chi connectivity index (χ2n) is 10.5. The maximum Gasteiger partial charge on any atom is 0.301 e. The van der Waals surface area contributed by atoms with Gasteiger partial charge in [0.05, 0.1) is 25.3 Å². The molecule has 2 heterocycles. The molecular formula is C35H35N3O6S2. The number of anilines is 1. The third-order valence-corrected chi connectivity index (χ3v) is 9.41. The van der Waals surface area contributed by atoms with E-state index in [9.17, 15) is 14.7 Å². The van der Waals surface area contributed by atoms with Gasteiger partial charge in [-0.05, 0) is 60.9 Å². The molecule has 238 valence electrons. The van der Waals surface area contributed by atoms with E-state index in [1.165, 1.54) is 40.7 Å². The van der Waals surface area contributed by atoms with Crippen molar-refractivity contribution >= 4 is 45.7 Å². The number of ether oxygens (including phenoxy) is 3. The number of Topliss-reactive ketones (excluding diaryl/α,β-unsaturated/α-hetero) is 1. The van der Waals surface area contributed by atoms with Gasteiger partial charge >= 0.3 is 5.91 Å². The van der Waals surface area contributed by atoms with Gasteiger partial charge in [-0.15, -0.1) is 10.2 Å². The van der Waals surface area contributed by atoms with Crippen molar-refractivity contribution in [3.05, 3.63) is 107 Å². The molecule has 46 heavy (non-hydrogen) atoms. The molecule has 11 heteroatoms. The van der Waals surface area contributed by atoms with Gasteiger partial charge < -0.3 is 19.3 Å². The minimum absolute atomic E-state index is 0.0736. The first kappa shape index (κ1) is 32.8. The summed E-state index contributed by atoms with van der Waals surface area (Å²) >= 11 is 2.70. The first-order chi connectivity index (χ1) is 22.3. The zero-order chi connectivity index (χ0) is 32.6. The fourth-order valence-corrected chi connectivity index (χ4v) is 6.68. The number of benzene rings is 3. The highest BCUT2D eigenvalue weighted by molar-refractivity contribution is 8.00. The number of hydrogen-bond donors (Lipinski definition) is 1. The molecule has 1 atom stereocenters. The van der Waals surface area contributed by atoms with Crippen LogP contribution in [0, 0.1) is 6.92 Å². The molecule has 1 amide bonds. The molecule has 9 nitrogen and oxygen atoms in total. The highest BCUT2D eigenvalue weighted by Crippen LogP contribution is 2.45. The molecule has 0 spiro atoms. The van der Waals surface area contributed by atoms with Crippen molar-refractivity contribution in [2.75, 3.05) is 25.2 Å². The largest absolute Gasteiger partial charge is 0.507 e. The first-order valence-electron chi connectivity index (χ1n) is 14.8. The number of hydrogen-bond acceptors (Lipinski definition) is 10. The van der Waals surface area contributed by atoms with Crippen molar-refractivity contribution in [2.24, 2.45) is 0 Å². The molecule has 0 saturated carbocycles. The number of aromatic nitrogens is 2. The Morgan fingerprint density at radius 1 is 1.04 bits per heavy atom. The summed E-state index contributed by atoms with van der Waals surface area (Å²) in [4.78, 5) is 28.7. The molecule has 1 aromatic heterocycles. The van der Waals surface area contributed by atoms with Crippen molar-refractivity contribution in [3.63, 3.8) is 0 Å². The van der Waals surface area contributed by atoms with E-state index in [-0.39, 0.29) is 23.1 Å². The van der Waals surface area contributed by atoms with Crippen LogP contribution in [0.2, 0.25) is 0 Å². The Hall–Kier alpha value is -4.61. The summed E-state index contributed by atoms with van der Waals surface area (Å²) in [6.07, 6.45) is 3.54. The van der Waals surface area contributed by atoms with Crippen molar-refractivity contribution in [1.29, 1.82) is 0 Å². The second-order valence-corrected chi connectivity index (χ2v) is 12.7. The fourth-order valence-electron chi connectivity index (χ4n) is 4.85. The summed E-state index contributed by atoms with van der Waals surface area (Å²) < 4.78 is 17.7. The molecule has 0 aliphatic carbocycles. The monoisotopic (exact) mass is 657 g/mol. The minimum Gasteiger partial charge on any atom is -0.507 e. The van der Waals surface area contributed by atoms with E-state index in [0.29, 0.717) is 45.1 Å². The predicted molar refractivity (Wildman–Crippen MR) is 181 cm³/mol. The molecule has 1 N–H and O–H groups in total. The van der Waals surface area contributed by atoms with Crippen LogP contribution >= 0.6 is 23.1 Å². The van der Waals surface area contributed by atoms with E-state index < -0.39 is 17.7 Å². The Bertz CT molecular complexity index is 1730. The first-order valence-corrected chi connectivity index (χ1v) is 16.6. The van der Waals surface area contributed by atoms with Crippen LogP contribution in [-0.4, -0.2) is 47.3 Å². The van der Waals surface area contributed by atoms with Crippen LogP contribution < -0.4 is 19.1 Å². The number of carbonyl (C=O) groups excluding carboxylic acids is 2. The van der Waals surface area contributed by atoms with Gasteiger partial charge in [0.2, 0.25) is 5.13 Å². The van der Waals surface area contributed by atoms with Gasteiger partial charge in [0.1, 0.15) is 18.1 Å². The Morgan fingerprint density at radius 2 is 1.80 bits per heavy atom. The summed E-state index contributed by atoms with van der Waals surface area (Å²) in [5.74, 6) is 0.210. The molecule has 4 aromatic rings. The van der Waals surface area contributed by atoms with Crippen LogP contribution in [0.1, 0.15) is 48.1 Å². The number of aliphatic hydroxyl groups excluding tert-OH is 1. The van der Waals surface area contributed by atoms with Crippen LogP contribution in [0.15, 0.2) is 89.3 Å². The molecular weight excluding hydrogens is 623 g/mol. The van der Waals surface area contributed by atoms with E-state index >= 15 is 0 Å². The summed E-state index contributed by atoms with van der Waals surface area (Å²) in [5.41, 5.74) is 3.12. The van der Waals surface area contributed by atoms with Gasteiger partial charge in [0.25, 0.3) is 5.78 Å². The van der Waals surface area contributed by atoms with Gasteiger partial charge in [-0.1, -0.05) is 85.0 Å². The highest BCUT2D eigenvalue weighted by Gasteiger charge is 2.48. The zero-order valence-corrected chi connectivity index (χ0v) is 27.5. The van der Waals surface area contributed by atoms with Crippen LogP contribution in [0.3, 0.4) is 0 Å². The van der Waals surface area contributed by atoms with E-state index in [1.54, 1.807) is 48.5 Å². The third-order valence-electron chi connectivity index (χ3n) is 7.28. The number of ketones is 1. The third kappa shape index (κ3) is 7.27. The smallest absolute Gasteiger partial charge is 0.301 e. The lowest BCUT2D eigenvalue weighted by atomic mass is 9.95. The Balaban J connectivity index is 1.53. The summed E-state index contributed by atoms with van der Waals surface area (Å²) in [5, 5.41) is 20.4. The Kier molecular flexibility index (Phi) is 10.8. The molecule has 1 aliphatic heterocycles. The molecule has 3 aromatic carbocycles. The summed E-state index contributed by atoms with van der Waals surface area (Å²) in [6, 6.07) is 19.1. The SMILES string of the molecule is C=CCOc1ccc(C2/C(=C(/O)c3ccc(OCCCC)cc3)C(=O)C(=O)N2c2nnc(SCc3ccc(C)cc3)s2)cc1OC. The number of amides is 1. The average molecular weight is 658 g/mol. The average Bonchev–Trinajstić information content (AvgIpc) is 3.65. The Morgan fingerprint density at radius 3 is 2.50 bits per heavy atom. The van der Waals surface area contributed by atoms with Crippen molar-refractivity contribution in [1.82, 2.24) is 10.2 Å². The second kappa shape index (κ2) is 15.1. The molecule has 0 radical (unpaired) electrons. The number of nitrogens with zero attached hydrogens (tertiary/aromatic N) is 3. The summed E-state index contributed by atoms with van der Waals surface area (Å²) in [7, 11) is 1.50. The quantitative estimate of drug-likeness (QED) is 0.0280. The van der Waals surface area contributed by atoms with Crippen molar-refractivity contribution in [3.8, 4) is 17.2 Å². The normalized spacial score (nSPS) is 15.6. The topological polar surface area (TPSA) is 111 Å². The van der Waals surface area contributed by atoms with Gasteiger partial charge in [0.15, 0.2) is 15.8 Å². The van der Waals surface area contributed by atoms with Crippen LogP contribution in [0.25, 0.3) is 5.76 Å². The standard InChI is InChI=1S/C35H35N3O6S2/c1-5-7-19-43-26-15-12-24(13-16-26)31(39)29-30(25-14-17-27(44-18-6-2)28(20-25)42-4)38(33(41)32(29)40)34-36-37-35(46-34)45-21-23-10-8-22(3)9-11-23/h6,8-17,20,30,39H,2,5,7,18-19,21H2,1,3-4H3/b31-29-. The van der Waals surface area contributed by atoms with E-state index in [1.807, 2.05) is 6.92 Å². The number of unbranched alkanes of at least 4 members (excludes halogenated alkanes) is 1. The van der Waals surface area contributed by atoms with Crippen LogP contribution in [0.4, 0.5) is 5.13 Å². The van der Waals surface area contributed by atoms with Crippen molar-refractivity contribution in [2.45, 2.75) is 42.8 Å². The molecule has 1 fully saturated rings. The number of carbonyl (C=O) groups is 2. The number of aryl methyl sites for hydroxylation is 1. The van der Waals surface area contributed by atoms with Crippen LogP contribution in [0.5, 0.6) is 17.2 Å². The van der Waals surface area contributed by atoms with E-state index in [4.69, 9.17) is 14.2 Å². The lowest BCUT2D eigenvalue weighted by molar-refractivity contribution is -0.132. The maximum atomic E-state index is 13.7. The van der Waals surface area contributed by atoms with Gasteiger partial charge in [-0.25, -0.2) is 0 Å². The number of methoxy groups -OCH3 is 1. The van der Waals surface area contributed by atoms with Gasteiger partial charge in [-0.3, -0.25) is 14.5 Å². The molecule has 1 saturated heterocycles.